The van der Waals surface area contributed by atoms with E-state index in [1.54, 1.807) is 0 Å². The number of nitrogens with one attached hydrogen (secondary N) is 1. The minimum absolute atomic E-state index is 0.0148. The summed E-state index contributed by atoms with van der Waals surface area (Å²) in [5.41, 5.74) is 2.68. The van der Waals surface area contributed by atoms with Gasteiger partial charge in [-0.25, -0.2) is 0 Å². The lowest BCUT2D eigenvalue weighted by Crippen LogP contribution is -2.48. The van der Waals surface area contributed by atoms with E-state index < -0.39 is 17.4 Å². The molecule has 128 valence electrons. The molecule has 2 fully saturated rings. The second kappa shape index (κ2) is 4.40. The molecule has 1 N–H and O–H groups in total. The lowest BCUT2D eigenvalue weighted by atomic mass is 9.78. The Morgan fingerprint density at radius 3 is 2.76 bits per heavy atom. The molecule has 0 spiro atoms. The van der Waals surface area contributed by atoms with Crippen LogP contribution < -0.4 is 0 Å². The Kier molecular flexibility index (Phi) is 2.61. The number of hydrogen-bond donors (Lipinski definition) is 1. The van der Waals surface area contributed by atoms with E-state index >= 15 is 0 Å². The van der Waals surface area contributed by atoms with Crippen LogP contribution in [0, 0.1) is 17.8 Å². The van der Waals surface area contributed by atoms with Gasteiger partial charge in [0.1, 0.15) is 11.6 Å². The first-order chi connectivity index (χ1) is 11.8. The molecule has 2 aliphatic heterocycles. The van der Waals surface area contributed by atoms with Crippen LogP contribution in [0.25, 0.3) is 10.9 Å². The van der Waals surface area contributed by atoms with Crippen LogP contribution in [0.2, 0.25) is 0 Å². The summed E-state index contributed by atoms with van der Waals surface area (Å²) in [6.45, 7) is 5.56. The Bertz CT molecular complexity index is 970. The molecule has 3 aliphatic rings. The minimum atomic E-state index is -0.615. The van der Waals surface area contributed by atoms with E-state index in [9.17, 15) is 14.4 Å². The molecule has 1 aromatic carbocycles. The van der Waals surface area contributed by atoms with Crippen molar-refractivity contribution in [2.75, 3.05) is 0 Å². The summed E-state index contributed by atoms with van der Waals surface area (Å²) in [6, 6.07) is 5.82. The topological polar surface area (TPSA) is 70.2 Å². The van der Waals surface area contributed by atoms with Crippen LogP contribution in [-0.4, -0.2) is 27.4 Å². The molecule has 1 saturated heterocycles. The Balaban J connectivity index is 1.77. The Hall–Kier alpha value is -2.43. The molecule has 5 rings (SSSR count). The molecule has 25 heavy (non-hydrogen) atoms. The number of ketones is 2. The van der Waals surface area contributed by atoms with Crippen LogP contribution in [0.3, 0.4) is 0 Å². The van der Waals surface area contributed by atoms with Gasteiger partial charge in [0.05, 0.1) is 29.3 Å². The first-order valence-electron chi connectivity index (χ1n) is 8.82. The molecule has 5 heteroatoms. The van der Waals surface area contributed by atoms with Crippen molar-refractivity contribution < 1.29 is 14.4 Å². The van der Waals surface area contributed by atoms with Gasteiger partial charge in [-0.3, -0.25) is 14.4 Å². The van der Waals surface area contributed by atoms with Gasteiger partial charge >= 0.3 is 0 Å². The molecular weight excluding hydrogens is 316 g/mol. The van der Waals surface area contributed by atoms with Crippen molar-refractivity contribution in [3.8, 4) is 0 Å². The number of hydrogen-bond acceptors (Lipinski definition) is 3. The number of rotatable bonds is 1. The van der Waals surface area contributed by atoms with Gasteiger partial charge in [0.15, 0.2) is 0 Å². The number of carbonyl (C=O) groups is 3. The first-order valence-corrected chi connectivity index (χ1v) is 8.82. The summed E-state index contributed by atoms with van der Waals surface area (Å²) in [5.74, 6) is -1.55. The second-order valence-corrected chi connectivity index (χ2v) is 8.12. The highest BCUT2D eigenvalue weighted by molar-refractivity contribution is 6.09. The maximum Gasteiger partial charge on any atom is 0.227 e. The molecule has 0 radical (unpaired) electrons. The van der Waals surface area contributed by atoms with E-state index in [-0.39, 0.29) is 29.4 Å². The third-order valence-corrected chi connectivity index (χ3v) is 6.58. The van der Waals surface area contributed by atoms with Gasteiger partial charge in [0.25, 0.3) is 0 Å². The van der Waals surface area contributed by atoms with Gasteiger partial charge in [0, 0.05) is 22.7 Å². The van der Waals surface area contributed by atoms with E-state index in [4.69, 9.17) is 0 Å². The van der Waals surface area contributed by atoms with Crippen molar-refractivity contribution in [3.05, 3.63) is 35.5 Å². The second-order valence-electron chi connectivity index (χ2n) is 8.12. The zero-order chi connectivity index (χ0) is 17.7. The fourth-order valence-corrected chi connectivity index (χ4v) is 5.46. The number of H-pyrrole nitrogens is 1. The van der Waals surface area contributed by atoms with Crippen molar-refractivity contribution in [2.24, 2.45) is 17.8 Å². The Morgan fingerprint density at radius 1 is 1.28 bits per heavy atom. The largest absolute Gasteiger partial charge is 0.361 e. The average Bonchev–Trinajstić information content (AvgIpc) is 3.19. The number of carbonyl (C=O) groups excluding carboxylic acids is 3. The van der Waals surface area contributed by atoms with Crippen LogP contribution >= 0.6 is 0 Å². The highest BCUT2D eigenvalue weighted by Gasteiger charge is 2.63. The smallest absolute Gasteiger partial charge is 0.227 e. The SMILES string of the molecule is CC(=O)C1CC2C(=O)N3C(c4c[nH]c5cccc(c45)C3(C)C)C2C1=O. The number of Topliss-reactive ketones (excluding diaryl/α,β-unsaturated/α-hetero) is 2. The van der Waals surface area contributed by atoms with Gasteiger partial charge in [0.2, 0.25) is 5.91 Å². The maximum atomic E-state index is 13.3. The van der Waals surface area contributed by atoms with Crippen molar-refractivity contribution in [3.63, 3.8) is 0 Å². The van der Waals surface area contributed by atoms with E-state index in [1.165, 1.54) is 6.92 Å². The summed E-state index contributed by atoms with van der Waals surface area (Å²) in [4.78, 5) is 43.3. The third kappa shape index (κ3) is 1.57. The molecule has 1 saturated carbocycles. The number of fused-ring (bicyclic) bond motifs is 4. The van der Waals surface area contributed by atoms with E-state index in [0.717, 1.165) is 22.0 Å². The molecule has 1 amide bonds. The van der Waals surface area contributed by atoms with Crippen molar-refractivity contribution >= 4 is 28.4 Å². The highest BCUT2D eigenvalue weighted by Crippen LogP contribution is 2.58. The number of aromatic amines is 1. The van der Waals surface area contributed by atoms with Crippen LogP contribution in [0.5, 0.6) is 0 Å². The first kappa shape index (κ1) is 14.9. The summed E-state index contributed by atoms with van der Waals surface area (Å²) < 4.78 is 0. The van der Waals surface area contributed by atoms with Crippen LogP contribution in [0.1, 0.15) is 44.4 Å². The van der Waals surface area contributed by atoms with Crippen LogP contribution in [0.15, 0.2) is 24.4 Å². The molecule has 3 heterocycles. The van der Waals surface area contributed by atoms with Crippen molar-refractivity contribution in [2.45, 2.75) is 38.8 Å². The van der Waals surface area contributed by atoms with Gasteiger partial charge in [-0.2, -0.15) is 0 Å². The normalized spacial score (nSPS) is 32.2. The fourth-order valence-electron chi connectivity index (χ4n) is 5.46. The standard InChI is InChI=1S/C20H20N2O3/c1-9(23)10-7-11-16(18(10)24)17-12-8-21-14-6-4-5-13(15(12)14)20(2,3)22(17)19(11)25/h4-6,8,10-11,16-17,21H,7H2,1-3H3. The van der Waals surface area contributed by atoms with Crippen LogP contribution in [0.4, 0.5) is 0 Å². The maximum absolute atomic E-state index is 13.3. The highest BCUT2D eigenvalue weighted by atomic mass is 16.2. The Morgan fingerprint density at radius 2 is 2.04 bits per heavy atom. The Labute approximate surface area is 145 Å². The van der Waals surface area contributed by atoms with Gasteiger partial charge in [-0.15, -0.1) is 0 Å². The predicted molar refractivity (Wildman–Crippen MR) is 91.7 cm³/mol. The molecule has 4 atom stereocenters. The minimum Gasteiger partial charge on any atom is -0.361 e. The summed E-state index contributed by atoms with van der Waals surface area (Å²) >= 11 is 0. The van der Waals surface area contributed by atoms with Crippen molar-refractivity contribution in [1.82, 2.24) is 9.88 Å². The number of amides is 1. The van der Waals surface area contributed by atoms with Crippen LogP contribution in [-0.2, 0) is 19.9 Å². The molecular formula is C20H20N2O3. The number of aromatic nitrogens is 1. The molecule has 1 aromatic heterocycles. The predicted octanol–water partition coefficient (Wildman–Crippen LogP) is 2.71. The van der Waals surface area contributed by atoms with Crippen molar-refractivity contribution in [1.29, 1.82) is 0 Å². The zero-order valence-corrected chi connectivity index (χ0v) is 14.5. The summed E-state index contributed by atoms with van der Waals surface area (Å²) in [6.07, 6.45) is 2.30. The summed E-state index contributed by atoms with van der Waals surface area (Å²) in [5, 5.41) is 1.13. The van der Waals surface area contributed by atoms with E-state index in [0.29, 0.717) is 6.42 Å². The quantitative estimate of drug-likeness (QED) is 0.814. The molecule has 5 nitrogen and oxygen atoms in total. The van der Waals surface area contributed by atoms with E-state index in [2.05, 4.69) is 24.9 Å². The lowest BCUT2D eigenvalue weighted by Gasteiger charge is -2.45. The number of nitrogens with zero attached hydrogens (tertiary/aromatic N) is 1. The average molecular weight is 336 g/mol. The molecule has 1 aliphatic carbocycles. The van der Waals surface area contributed by atoms with Gasteiger partial charge in [-0.1, -0.05) is 12.1 Å². The summed E-state index contributed by atoms with van der Waals surface area (Å²) in [7, 11) is 0. The third-order valence-electron chi connectivity index (χ3n) is 6.58. The molecule has 4 unspecified atom stereocenters. The molecule has 2 aromatic rings. The number of benzene rings is 1. The molecule has 0 bridgehead atoms. The van der Waals surface area contributed by atoms with Gasteiger partial charge in [-0.05, 0) is 38.8 Å². The monoisotopic (exact) mass is 336 g/mol. The zero-order valence-electron chi connectivity index (χ0n) is 14.5. The fraction of sp³-hybridized carbons (Fsp3) is 0.450. The van der Waals surface area contributed by atoms with E-state index in [1.807, 2.05) is 23.2 Å². The van der Waals surface area contributed by atoms with Gasteiger partial charge < -0.3 is 9.88 Å². The lowest BCUT2D eigenvalue weighted by molar-refractivity contribution is -0.138.